The number of rotatable bonds is 6. The van der Waals surface area contributed by atoms with Crippen molar-refractivity contribution < 1.29 is 9.47 Å². The number of hydrogen-bond donors (Lipinski definition) is 1. The van der Waals surface area contributed by atoms with E-state index in [1.807, 2.05) is 13.0 Å². The molecule has 0 saturated heterocycles. The Hall–Kier alpha value is -2.27. The predicted octanol–water partition coefficient (Wildman–Crippen LogP) is 2.19. The molecule has 2 N–H and O–H groups in total. The molecular formula is C21H27BN2O2. The third kappa shape index (κ3) is 3.49. The Kier molecular flexibility index (Phi) is 5.37. The Bertz CT molecular complexity index is 835. The second-order valence-electron chi connectivity index (χ2n) is 6.99. The number of ether oxygens (including phenoxy) is 2. The Morgan fingerprint density at radius 2 is 2.00 bits per heavy atom. The molecule has 0 amide bonds. The van der Waals surface area contributed by atoms with E-state index < -0.39 is 5.54 Å². The average Bonchev–Trinajstić information content (AvgIpc) is 3.02. The van der Waals surface area contributed by atoms with E-state index in [-0.39, 0.29) is 0 Å². The molecule has 1 unspecified atom stereocenters. The predicted molar refractivity (Wildman–Crippen MR) is 109 cm³/mol. The van der Waals surface area contributed by atoms with E-state index in [9.17, 15) is 0 Å². The van der Waals surface area contributed by atoms with Gasteiger partial charge in [0.05, 0.1) is 19.6 Å². The van der Waals surface area contributed by atoms with E-state index in [2.05, 4.69) is 45.1 Å². The van der Waals surface area contributed by atoms with Gasteiger partial charge in [-0.3, -0.25) is 4.99 Å². The first-order chi connectivity index (χ1) is 12.5. The summed E-state index contributed by atoms with van der Waals surface area (Å²) in [5.74, 6) is 1.60. The largest absolute Gasteiger partial charge is 0.496 e. The van der Waals surface area contributed by atoms with Crippen molar-refractivity contribution in [1.82, 2.24) is 0 Å². The van der Waals surface area contributed by atoms with Gasteiger partial charge in [0, 0.05) is 13.0 Å². The first-order valence-electron chi connectivity index (χ1n) is 9.16. The van der Waals surface area contributed by atoms with Gasteiger partial charge in [-0.05, 0) is 54.7 Å². The van der Waals surface area contributed by atoms with Gasteiger partial charge in [0.1, 0.15) is 19.1 Å². The second kappa shape index (κ2) is 7.54. The first kappa shape index (κ1) is 18.5. The molecule has 0 spiro atoms. The maximum atomic E-state index is 6.14. The number of nitrogens with two attached hydrogens (primary N) is 1. The van der Waals surface area contributed by atoms with Crippen molar-refractivity contribution in [2.75, 3.05) is 13.7 Å². The average molecular weight is 350 g/mol. The number of nitrogens with zero attached hydrogens (tertiary/aromatic N) is 1. The van der Waals surface area contributed by atoms with E-state index in [4.69, 9.17) is 20.2 Å². The van der Waals surface area contributed by atoms with Gasteiger partial charge in [-0.25, -0.2) is 0 Å². The minimum Gasteiger partial charge on any atom is -0.496 e. The summed E-state index contributed by atoms with van der Waals surface area (Å²) in [4.78, 5) is 4.93. The highest BCUT2D eigenvalue weighted by molar-refractivity contribution is 6.32. The van der Waals surface area contributed by atoms with Crippen LogP contribution in [0, 0.1) is 6.92 Å². The molecule has 0 bridgehead atoms. The molecule has 0 fully saturated rings. The zero-order valence-corrected chi connectivity index (χ0v) is 16.1. The molecule has 2 aromatic carbocycles. The summed E-state index contributed by atoms with van der Waals surface area (Å²) in [6, 6.07) is 12.9. The molecule has 5 heteroatoms. The van der Waals surface area contributed by atoms with Crippen LogP contribution in [0.2, 0.25) is 0 Å². The summed E-state index contributed by atoms with van der Waals surface area (Å²) in [6.45, 7) is 5.40. The number of aryl methyl sites for hydroxylation is 1. The molecule has 2 aromatic rings. The lowest BCUT2D eigenvalue weighted by molar-refractivity contribution is 0.134. The first-order valence-corrected chi connectivity index (χ1v) is 9.16. The van der Waals surface area contributed by atoms with Crippen molar-refractivity contribution >= 4 is 19.1 Å². The summed E-state index contributed by atoms with van der Waals surface area (Å²) < 4.78 is 11.1. The lowest BCUT2D eigenvalue weighted by atomic mass is 9.78. The van der Waals surface area contributed by atoms with Crippen molar-refractivity contribution in [3.05, 3.63) is 58.7 Å². The summed E-state index contributed by atoms with van der Waals surface area (Å²) in [7, 11) is 3.82. The van der Waals surface area contributed by atoms with Gasteiger partial charge in [0.2, 0.25) is 0 Å². The van der Waals surface area contributed by atoms with Gasteiger partial charge in [-0.1, -0.05) is 29.7 Å². The van der Waals surface area contributed by atoms with Crippen LogP contribution < -0.4 is 15.9 Å². The maximum absolute atomic E-state index is 6.14. The van der Waals surface area contributed by atoms with E-state index in [0.29, 0.717) is 19.0 Å². The zero-order chi connectivity index (χ0) is 18.7. The van der Waals surface area contributed by atoms with Gasteiger partial charge in [-0.15, -0.1) is 0 Å². The standard InChI is InChI=1S/C21H27BN2O2/c1-4-26-13-15-10-17(12-18(22)11-15)21(8-7-20(23)24-21)16-5-6-19(25-3)14(2)9-16/h5-6,9-12H,4,7-8,13,22H2,1-3H3,(H2,23,24). The second-order valence-corrected chi connectivity index (χ2v) is 6.99. The van der Waals surface area contributed by atoms with E-state index >= 15 is 0 Å². The van der Waals surface area contributed by atoms with Gasteiger partial charge < -0.3 is 15.2 Å². The van der Waals surface area contributed by atoms with Crippen molar-refractivity contribution in [3.8, 4) is 5.75 Å². The number of aliphatic imine (C=N–C) groups is 1. The Labute approximate surface area is 156 Å². The monoisotopic (exact) mass is 350 g/mol. The Morgan fingerprint density at radius 1 is 1.19 bits per heavy atom. The SMILES string of the molecule is Bc1cc(COCC)cc(C2(c3ccc(OC)c(C)c3)CCC(N)=N2)c1. The van der Waals surface area contributed by atoms with Crippen LogP contribution in [-0.2, 0) is 16.9 Å². The molecule has 1 aliphatic rings. The quantitative estimate of drug-likeness (QED) is 0.813. The van der Waals surface area contributed by atoms with Crippen LogP contribution in [0.1, 0.15) is 42.0 Å². The molecule has 3 rings (SSSR count). The minimum atomic E-state index is -0.436. The number of hydrogen-bond acceptors (Lipinski definition) is 4. The van der Waals surface area contributed by atoms with Crippen LogP contribution in [0.15, 0.2) is 41.4 Å². The van der Waals surface area contributed by atoms with E-state index in [0.717, 1.165) is 29.7 Å². The smallest absolute Gasteiger partial charge is 0.139 e. The third-order valence-electron chi connectivity index (χ3n) is 5.04. The highest BCUT2D eigenvalue weighted by atomic mass is 16.5. The van der Waals surface area contributed by atoms with Crippen LogP contribution in [-0.4, -0.2) is 27.4 Å². The fourth-order valence-corrected chi connectivity index (χ4v) is 3.79. The van der Waals surface area contributed by atoms with Crippen LogP contribution in [0.25, 0.3) is 0 Å². The fraction of sp³-hybridized carbons (Fsp3) is 0.381. The van der Waals surface area contributed by atoms with Crippen LogP contribution in [0.4, 0.5) is 0 Å². The van der Waals surface area contributed by atoms with E-state index in [1.165, 1.54) is 16.6 Å². The molecule has 4 nitrogen and oxygen atoms in total. The Morgan fingerprint density at radius 3 is 2.62 bits per heavy atom. The van der Waals surface area contributed by atoms with Crippen LogP contribution >= 0.6 is 0 Å². The summed E-state index contributed by atoms with van der Waals surface area (Å²) >= 11 is 0. The number of methoxy groups -OCH3 is 1. The third-order valence-corrected chi connectivity index (χ3v) is 5.04. The maximum Gasteiger partial charge on any atom is 0.139 e. The fourth-order valence-electron chi connectivity index (χ4n) is 3.79. The molecule has 0 saturated carbocycles. The van der Waals surface area contributed by atoms with Gasteiger partial charge in [0.15, 0.2) is 0 Å². The topological polar surface area (TPSA) is 56.8 Å². The molecule has 0 aromatic heterocycles. The van der Waals surface area contributed by atoms with Crippen LogP contribution in [0.5, 0.6) is 5.75 Å². The summed E-state index contributed by atoms with van der Waals surface area (Å²) in [6.07, 6.45) is 1.68. The molecule has 0 radical (unpaired) electrons. The van der Waals surface area contributed by atoms with Crippen molar-refractivity contribution in [3.63, 3.8) is 0 Å². The molecule has 0 aliphatic carbocycles. The summed E-state index contributed by atoms with van der Waals surface area (Å²) in [5.41, 5.74) is 11.5. The minimum absolute atomic E-state index is 0.436. The molecular weight excluding hydrogens is 323 g/mol. The van der Waals surface area contributed by atoms with Gasteiger partial charge >= 0.3 is 0 Å². The molecule has 1 aliphatic heterocycles. The molecule has 1 atom stereocenters. The van der Waals surface area contributed by atoms with Crippen LogP contribution in [0.3, 0.4) is 0 Å². The highest BCUT2D eigenvalue weighted by Gasteiger charge is 2.38. The Balaban J connectivity index is 2.12. The zero-order valence-electron chi connectivity index (χ0n) is 16.1. The number of amidine groups is 1. The molecule has 26 heavy (non-hydrogen) atoms. The number of benzene rings is 2. The van der Waals surface area contributed by atoms with E-state index in [1.54, 1.807) is 7.11 Å². The lowest BCUT2D eigenvalue weighted by Gasteiger charge is -2.29. The normalized spacial score (nSPS) is 19.4. The lowest BCUT2D eigenvalue weighted by Crippen LogP contribution is -2.25. The molecule has 136 valence electrons. The van der Waals surface area contributed by atoms with Crippen molar-refractivity contribution in [2.24, 2.45) is 10.7 Å². The van der Waals surface area contributed by atoms with Gasteiger partial charge in [0.25, 0.3) is 0 Å². The van der Waals surface area contributed by atoms with Crippen molar-refractivity contribution in [1.29, 1.82) is 0 Å². The van der Waals surface area contributed by atoms with Crippen molar-refractivity contribution in [2.45, 2.75) is 38.8 Å². The highest BCUT2D eigenvalue weighted by Crippen LogP contribution is 2.43. The molecule has 1 heterocycles. The van der Waals surface area contributed by atoms with Gasteiger partial charge in [-0.2, -0.15) is 0 Å². The summed E-state index contributed by atoms with van der Waals surface area (Å²) in [5, 5.41) is 0.